The van der Waals surface area contributed by atoms with E-state index >= 15 is 0 Å². The quantitative estimate of drug-likeness (QED) is 0.706. The van der Waals surface area contributed by atoms with Gasteiger partial charge in [-0.1, -0.05) is 24.2 Å². The fourth-order valence-corrected chi connectivity index (χ4v) is 4.56. The van der Waals surface area contributed by atoms with Crippen LogP contribution in [-0.2, 0) is 4.74 Å². The first kappa shape index (κ1) is 18.7. The molecule has 0 aliphatic carbocycles. The van der Waals surface area contributed by atoms with Crippen LogP contribution in [0.2, 0.25) is 0 Å². The summed E-state index contributed by atoms with van der Waals surface area (Å²) in [6.45, 7) is 6.32. The average molecular weight is 392 g/mol. The zero-order valence-electron chi connectivity index (χ0n) is 15.5. The van der Waals surface area contributed by atoms with Crippen molar-refractivity contribution in [3.63, 3.8) is 0 Å². The van der Waals surface area contributed by atoms with E-state index in [1.165, 1.54) is 38.4 Å². The molecule has 2 fully saturated rings. The number of thioether (sulfide) groups is 1. The Bertz CT molecular complexity index is 743. The topological polar surface area (TPSA) is 46.4 Å². The van der Waals surface area contributed by atoms with Crippen molar-refractivity contribution in [3.8, 4) is 5.69 Å². The summed E-state index contributed by atoms with van der Waals surface area (Å²) in [5, 5.41) is 9.69. The van der Waals surface area contributed by atoms with Gasteiger partial charge in [0, 0.05) is 25.4 Å². The van der Waals surface area contributed by atoms with Crippen molar-refractivity contribution in [2.45, 2.75) is 24.4 Å². The van der Waals surface area contributed by atoms with Crippen LogP contribution < -0.4 is 4.90 Å². The molecule has 3 heterocycles. The Morgan fingerprint density at radius 1 is 1.04 bits per heavy atom. The summed E-state index contributed by atoms with van der Waals surface area (Å²) >= 11 is 1.69. The number of rotatable bonds is 6. The SMILES string of the molecule is Fc1cccc(-n2c(SCCN3CCCCC3)nnc2N2CCOCC2)c1. The maximum Gasteiger partial charge on any atom is 0.232 e. The number of halogens is 1. The molecule has 0 N–H and O–H groups in total. The van der Waals surface area contributed by atoms with Gasteiger partial charge in [0.25, 0.3) is 0 Å². The molecule has 146 valence electrons. The third-order valence-corrected chi connectivity index (χ3v) is 5.97. The van der Waals surface area contributed by atoms with Gasteiger partial charge in [-0.05, 0) is 44.1 Å². The third kappa shape index (κ3) is 4.62. The van der Waals surface area contributed by atoms with Crippen molar-refractivity contribution >= 4 is 17.7 Å². The van der Waals surface area contributed by atoms with Gasteiger partial charge in [0.1, 0.15) is 5.82 Å². The maximum atomic E-state index is 13.9. The zero-order valence-corrected chi connectivity index (χ0v) is 16.3. The molecule has 0 bridgehead atoms. The van der Waals surface area contributed by atoms with Crippen LogP contribution >= 0.6 is 11.8 Å². The van der Waals surface area contributed by atoms with E-state index in [1.54, 1.807) is 23.9 Å². The maximum absolute atomic E-state index is 13.9. The van der Waals surface area contributed by atoms with E-state index in [4.69, 9.17) is 4.74 Å². The lowest BCUT2D eigenvalue weighted by Gasteiger charge is -2.28. The van der Waals surface area contributed by atoms with E-state index in [-0.39, 0.29) is 5.82 Å². The molecule has 2 aliphatic rings. The van der Waals surface area contributed by atoms with Crippen molar-refractivity contribution in [2.24, 2.45) is 0 Å². The molecular weight excluding hydrogens is 365 g/mol. The molecule has 2 aliphatic heterocycles. The lowest BCUT2D eigenvalue weighted by molar-refractivity contribution is 0.122. The first-order chi connectivity index (χ1) is 13.3. The summed E-state index contributed by atoms with van der Waals surface area (Å²) in [5.74, 6) is 1.47. The number of nitrogens with zero attached hydrogens (tertiary/aromatic N) is 5. The van der Waals surface area contributed by atoms with E-state index in [9.17, 15) is 4.39 Å². The molecule has 0 atom stereocenters. The normalized spacial score (nSPS) is 18.8. The molecule has 27 heavy (non-hydrogen) atoms. The standard InChI is InChI=1S/C19H26FN5OS/c20-16-5-4-6-17(15-16)25-18(24-9-12-26-13-10-24)21-22-19(25)27-14-11-23-7-2-1-3-8-23/h4-6,15H,1-3,7-14H2. The Balaban J connectivity index is 1.53. The highest BCUT2D eigenvalue weighted by Crippen LogP contribution is 2.27. The Kier molecular flexibility index (Phi) is 6.26. The molecule has 0 spiro atoms. The van der Waals surface area contributed by atoms with Gasteiger partial charge in [-0.25, -0.2) is 4.39 Å². The largest absolute Gasteiger partial charge is 0.378 e. The van der Waals surface area contributed by atoms with Gasteiger partial charge in [-0.15, -0.1) is 10.2 Å². The van der Waals surface area contributed by atoms with Crippen molar-refractivity contribution in [2.75, 3.05) is 56.6 Å². The molecule has 4 rings (SSSR count). The lowest BCUT2D eigenvalue weighted by Crippen LogP contribution is -2.37. The van der Waals surface area contributed by atoms with Gasteiger partial charge >= 0.3 is 0 Å². The van der Waals surface area contributed by atoms with E-state index < -0.39 is 0 Å². The Morgan fingerprint density at radius 2 is 1.85 bits per heavy atom. The third-order valence-electron chi connectivity index (χ3n) is 5.06. The minimum atomic E-state index is -0.251. The van der Waals surface area contributed by atoms with Gasteiger partial charge in [-0.2, -0.15) is 0 Å². The molecule has 0 saturated carbocycles. The number of piperidine rings is 1. The Morgan fingerprint density at radius 3 is 2.63 bits per heavy atom. The fraction of sp³-hybridized carbons (Fsp3) is 0.579. The molecule has 0 amide bonds. The summed E-state index contributed by atoms with van der Waals surface area (Å²) in [6.07, 6.45) is 3.94. The molecule has 6 nitrogen and oxygen atoms in total. The number of hydrogen-bond acceptors (Lipinski definition) is 6. The summed E-state index contributed by atoms with van der Waals surface area (Å²) in [5.41, 5.74) is 0.766. The second-order valence-corrected chi connectivity index (χ2v) is 8.01. The highest BCUT2D eigenvalue weighted by atomic mass is 32.2. The summed E-state index contributed by atoms with van der Waals surface area (Å²) in [6, 6.07) is 6.65. The van der Waals surface area contributed by atoms with Crippen LogP contribution in [0.5, 0.6) is 0 Å². The molecule has 0 radical (unpaired) electrons. The zero-order chi connectivity index (χ0) is 18.5. The van der Waals surface area contributed by atoms with Gasteiger partial charge in [0.05, 0.1) is 18.9 Å². The first-order valence-electron chi connectivity index (χ1n) is 9.70. The van der Waals surface area contributed by atoms with Crippen molar-refractivity contribution in [3.05, 3.63) is 30.1 Å². The van der Waals surface area contributed by atoms with E-state index in [0.717, 1.165) is 42.2 Å². The van der Waals surface area contributed by atoms with Crippen LogP contribution in [0.25, 0.3) is 5.69 Å². The second kappa shape index (κ2) is 9.03. The lowest BCUT2D eigenvalue weighted by atomic mass is 10.1. The molecule has 2 aromatic rings. The predicted molar refractivity (Wildman–Crippen MR) is 105 cm³/mol. The monoisotopic (exact) mass is 391 g/mol. The summed E-state index contributed by atoms with van der Waals surface area (Å²) < 4.78 is 21.3. The van der Waals surface area contributed by atoms with Crippen molar-refractivity contribution in [1.29, 1.82) is 0 Å². The highest BCUT2D eigenvalue weighted by Gasteiger charge is 2.22. The molecular formula is C19H26FN5OS. The Hall–Kier alpha value is -1.64. The van der Waals surface area contributed by atoms with Gasteiger partial charge < -0.3 is 14.5 Å². The number of anilines is 1. The van der Waals surface area contributed by atoms with Crippen LogP contribution in [-0.4, -0.2) is 71.4 Å². The van der Waals surface area contributed by atoms with E-state index in [1.807, 2.05) is 10.6 Å². The molecule has 8 heteroatoms. The highest BCUT2D eigenvalue weighted by molar-refractivity contribution is 7.99. The summed E-state index contributed by atoms with van der Waals surface area (Å²) in [4.78, 5) is 4.68. The average Bonchev–Trinajstić information content (AvgIpc) is 3.13. The van der Waals surface area contributed by atoms with Gasteiger partial charge in [0.2, 0.25) is 5.95 Å². The number of aromatic nitrogens is 3. The minimum absolute atomic E-state index is 0.251. The van der Waals surface area contributed by atoms with Gasteiger partial charge in [-0.3, -0.25) is 4.57 Å². The Labute approximate surface area is 163 Å². The van der Waals surface area contributed by atoms with Crippen molar-refractivity contribution in [1.82, 2.24) is 19.7 Å². The smallest absolute Gasteiger partial charge is 0.232 e. The fourth-order valence-electron chi connectivity index (χ4n) is 3.61. The molecule has 1 aromatic carbocycles. The van der Waals surface area contributed by atoms with Gasteiger partial charge in [0.15, 0.2) is 5.16 Å². The van der Waals surface area contributed by atoms with Crippen LogP contribution in [0.1, 0.15) is 19.3 Å². The first-order valence-corrected chi connectivity index (χ1v) is 10.7. The number of ether oxygens (including phenoxy) is 1. The van der Waals surface area contributed by atoms with Crippen molar-refractivity contribution < 1.29 is 9.13 Å². The summed E-state index contributed by atoms with van der Waals surface area (Å²) in [7, 11) is 0. The molecule has 1 aromatic heterocycles. The molecule has 2 saturated heterocycles. The number of likely N-dealkylation sites (tertiary alicyclic amines) is 1. The minimum Gasteiger partial charge on any atom is -0.378 e. The number of benzene rings is 1. The van der Waals surface area contributed by atoms with Crippen LogP contribution in [0.4, 0.5) is 10.3 Å². The number of hydrogen-bond donors (Lipinski definition) is 0. The molecule has 0 unspecified atom stereocenters. The second-order valence-electron chi connectivity index (χ2n) is 6.95. The van der Waals surface area contributed by atoms with Crippen LogP contribution in [0.3, 0.4) is 0 Å². The van der Waals surface area contributed by atoms with E-state index in [2.05, 4.69) is 20.0 Å². The predicted octanol–water partition coefficient (Wildman–Crippen LogP) is 2.82. The number of morpholine rings is 1. The van der Waals surface area contributed by atoms with Crippen LogP contribution in [0, 0.1) is 5.82 Å². The van der Waals surface area contributed by atoms with Crippen LogP contribution in [0.15, 0.2) is 29.4 Å². The van der Waals surface area contributed by atoms with E-state index in [0.29, 0.717) is 13.2 Å².